The Morgan fingerprint density at radius 3 is 0.900 bits per heavy atom. The molecule has 0 saturated carbocycles. The average Bonchev–Trinajstić information content (AvgIpc) is 2.96. The van der Waals surface area contributed by atoms with E-state index in [4.69, 9.17) is 11.5 Å². The van der Waals surface area contributed by atoms with E-state index >= 15 is 0 Å². The van der Waals surface area contributed by atoms with E-state index in [1.165, 1.54) is 180 Å². The van der Waals surface area contributed by atoms with Crippen LogP contribution < -0.4 is 11.5 Å². The van der Waals surface area contributed by atoms with Crippen LogP contribution in [0.1, 0.15) is 206 Å². The number of allylic oxidation sites excluding steroid dienone is 4. The van der Waals surface area contributed by atoms with E-state index in [9.17, 15) is 0 Å². The Kier molecular flexibility index (Phi) is 32.4. The Morgan fingerprint density at radius 2 is 0.625 bits per heavy atom. The second kappa shape index (κ2) is 32.9. The molecule has 238 valence electrons. The summed E-state index contributed by atoms with van der Waals surface area (Å²) in [4.78, 5) is 0. The van der Waals surface area contributed by atoms with Crippen LogP contribution in [-0.2, 0) is 0 Å². The Balaban J connectivity index is 3.48. The van der Waals surface area contributed by atoms with Crippen molar-refractivity contribution in [3.05, 3.63) is 24.3 Å². The highest BCUT2D eigenvalue weighted by Gasteiger charge is 2.21. The van der Waals surface area contributed by atoms with Gasteiger partial charge in [-0.15, -0.1) is 0 Å². The zero-order valence-electron chi connectivity index (χ0n) is 27.9. The smallest absolute Gasteiger partial charge is 0.0278 e. The second-order valence-electron chi connectivity index (χ2n) is 12.9. The van der Waals surface area contributed by atoms with Crippen molar-refractivity contribution < 1.29 is 0 Å². The van der Waals surface area contributed by atoms with Crippen LogP contribution in [-0.4, -0.2) is 12.1 Å². The van der Waals surface area contributed by atoms with Crippen molar-refractivity contribution in [3.63, 3.8) is 0 Å². The maximum absolute atomic E-state index is 6.68. The summed E-state index contributed by atoms with van der Waals surface area (Å²) < 4.78 is 0. The fraction of sp³-hybridized carbons (Fsp3) is 0.895. The Labute approximate surface area is 254 Å². The van der Waals surface area contributed by atoms with E-state index in [1.54, 1.807) is 0 Å². The molecule has 0 aliphatic heterocycles. The first kappa shape index (κ1) is 39.4. The van der Waals surface area contributed by atoms with E-state index in [0.29, 0.717) is 6.54 Å². The van der Waals surface area contributed by atoms with E-state index in [0.717, 1.165) is 12.8 Å². The monoisotopic (exact) mass is 561 g/mol. The minimum absolute atomic E-state index is 0.123. The van der Waals surface area contributed by atoms with Crippen molar-refractivity contribution in [2.75, 3.05) is 6.54 Å². The predicted octanol–water partition coefficient (Wildman–Crippen LogP) is 12.5. The molecule has 0 aromatic rings. The summed E-state index contributed by atoms with van der Waals surface area (Å²) in [5.41, 5.74) is 12.7. The van der Waals surface area contributed by atoms with Gasteiger partial charge in [-0.3, -0.25) is 0 Å². The van der Waals surface area contributed by atoms with Crippen LogP contribution in [0.3, 0.4) is 0 Å². The van der Waals surface area contributed by atoms with Crippen LogP contribution in [0.15, 0.2) is 24.3 Å². The summed E-state index contributed by atoms with van der Waals surface area (Å²) in [6.45, 7) is 5.22. The van der Waals surface area contributed by atoms with Gasteiger partial charge in [0.1, 0.15) is 0 Å². The highest BCUT2D eigenvalue weighted by atomic mass is 14.8. The molecule has 0 spiro atoms. The van der Waals surface area contributed by atoms with Crippen molar-refractivity contribution in [2.45, 2.75) is 212 Å². The summed E-state index contributed by atoms with van der Waals surface area (Å²) in [5, 5.41) is 0. The maximum atomic E-state index is 6.68. The first-order chi connectivity index (χ1) is 19.7. The molecule has 0 heterocycles. The van der Waals surface area contributed by atoms with Crippen LogP contribution >= 0.6 is 0 Å². The molecule has 0 fully saturated rings. The van der Waals surface area contributed by atoms with Gasteiger partial charge in [-0.2, -0.15) is 0 Å². The number of unbranched alkanes of at least 4 members (excludes halogenated alkanes) is 24. The van der Waals surface area contributed by atoms with Crippen molar-refractivity contribution in [3.8, 4) is 0 Å². The molecule has 2 heteroatoms. The molecule has 0 saturated heterocycles. The van der Waals surface area contributed by atoms with Gasteiger partial charge in [-0.05, 0) is 64.2 Å². The third-order valence-corrected chi connectivity index (χ3v) is 8.78. The standard InChI is InChI=1S/C38H76N2/c1-3-5-7-9-11-13-15-17-19-21-23-25-27-29-31-33-35-38(40,37-39)36-34-32-30-28-26-24-22-20-18-16-14-12-10-8-6-4-2/h17-20H,3-16,21-37,39-40H2,1-2H3/b19-17-,20-18-. The maximum Gasteiger partial charge on any atom is 0.0278 e. The number of hydrogen-bond acceptors (Lipinski definition) is 2. The molecule has 0 aromatic heterocycles. The van der Waals surface area contributed by atoms with Gasteiger partial charge in [0.25, 0.3) is 0 Å². The lowest BCUT2D eigenvalue weighted by Crippen LogP contribution is -2.46. The van der Waals surface area contributed by atoms with Crippen LogP contribution in [0.5, 0.6) is 0 Å². The average molecular weight is 561 g/mol. The molecule has 0 unspecified atom stereocenters. The molecule has 0 aliphatic rings. The van der Waals surface area contributed by atoms with Crippen LogP contribution in [0.2, 0.25) is 0 Å². The molecule has 0 radical (unpaired) electrons. The molecule has 40 heavy (non-hydrogen) atoms. The molecular weight excluding hydrogens is 484 g/mol. The fourth-order valence-electron chi connectivity index (χ4n) is 5.78. The number of rotatable bonds is 33. The van der Waals surface area contributed by atoms with Crippen LogP contribution in [0.4, 0.5) is 0 Å². The first-order valence-corrected chi connectivity index (χ1v) is 18.5. The zero-order valence-corrected chi connectivity index (χ0v) is 27.9. The zero-order chi connectivity index (χ0) is 29.2. The third kappa shape index (κ3) is 30.4. The van der Waals surface area contributed by atoms with Crippen LogP contribution in [0.25, 0.3) is 0 Å². The van der Waals surface area contributed by atoms with Crippen molar-refractivity contribution in [2.24, 2.45) is 11.5 Å². The van der Waals surface area contributed by atoms with Gasteiger partial charge in [0, 0.05) is 12.1 Å². The van der Waals surface area contributed by atoms with Crippen LogP contribution in [0, 0.1) is 0 Å². The molecule has 0 bridgehead atoms. The lowest BCUT2D eigenvalue weighted by molar-refractivity contribution is 0.343. The van der Waals surface area contributed by atoms with E-state index < -0.39 is 0 Å². The first-order valence-electron chi connectivity index (χ1n) is 18.5. The quantitative estimate of drug-likeness (QED) is 0.0619. The van der Waals surface area contributed by atoms with Gasteiger partial charge in [0.15, 0.2) is 0 Å². The van der Waals surface area contributed by atoms with Gasteiger partial charge in [-0.1, -0.05) is 167 Å². The molecule has 0 rings (SSSR count). The molecule has 0 amide bonds. The van der Waals surface area contributed by atoms with Gasteiger partial charge in [0.2, 0.25) is 0 Å². The Hall–Kier alpha value is -0.600. The van der Waals surface area contributed by atoms with E-state index in [2.05, 4.69) is 38.2 Å². The topological polar surface area (TPSA) is 52.0 Å². The minimum atomic E-state index is -0.123. The highest BCUT2D eigenvalue weighted by molar-refractivity contribution is 4.85. The molecule has 0 aromatic carbocycles. The summed E-state index contributed by atoms with van der Waals surface area (Å²) in [6.07, 6.45) is 49.9. The highest BCUT2D eigenvalue weighted by Crippen LogP contribution is 2.21. The summed E-state index contributed by atoms with van der Waals surface area (Å²) in [5.74, 6) is 0. The molecule has 2 nitrogen and oxygen atoms in total. The van der Waals surface area contributed by atoms with E-state index in [1.807, 2.05) is 0 Å². The number of nitrogens with two attached hydrogens (primary N) is 2. The molecule has 4 N–H and O–H groups in total. The number of hydrogen-bond donors (Lipinski definition) is 2. The van der Waals surface area contributed by atoms with Crippen molar-refractivity contribution in [1.29, 1.82) is 0 Å². The largest absolute Gasteiger partial charge is 0.329 e. The van der Waals surface area contributed by atoms with Crippen molar-refractivity contribution >= 4 is 0 Å². The van der Waals surface area contributed by atoms with Crippen molar-refractivity contribution in [1.82, 2.24) is 0 Å². The molecular formula is C38H76N2. The third-order valence-electron chi connectivity index (χ3n) is 8.78. The van der Waals surface area contributed by atoms with Gasteiger partial charge in [-0.25, -0.2) is 0 Å². The van der Waals surface area contributed by atoms with Gasteiger partial charge in [0.05, 0.1) is 0 Å². The minimum Gasteiger partial charge on any atom is -0.329 e. The predicted molar refractivity (Wildman–Crippen MR) is 184 cm³/mol. The summed E-state index contributed by atoms with van der Waals surface area (Å²) >= 11 is 0. The lowest BCUT2D eigenvalue weighted by atomic mass is 9.87. The fourth-order valence-corrected chi connectivity index (χ4v) is 5.78. The molecule has 0 atom stereocenters. The summed E-state index contributed by atoms with van der Waals surface area (Å²) in [6, 6.07) is 0. The van der Waals surface area contributed by atoms with E-state index in [-0.39, 0.29) is 5.54 Å². The second-order valence-corrected chi connectivity index (χ2v) is 12.9. The Bertz CT molecular complexity index is 482. The normalized spacial score (nSPS) is 12.4. The Morgan fingerprint density at radius 1 is 0.375 bits per heavy atom. The summed E-state index contributed by atoms with van der Waals surface area (Å²) in [7, 11) is 0. The lowest BCUT2D eigenvalue weighted by Gasteiger charge is -2.28. The SMILES string of the molecule is CCCCCCCC/C=C\CCCCCCCCC(N)(CN)CCCCCCCC/C=C\CCCCCCCC. The van der Waals surface area contributed by atoms with Gasteiger partial charge >= 0.3 is 0 Å². The molecule has 0 aliphatic carbocycles. The van der Waals surface area contributed by atoms with Gasteiger partial charge < -0.3 is 11.5 Å².